The van der Waals surface area contributed by atoms with Crippen molar-refractivity contribution >= 4 is 11.9 Å². The summed E-state index contributed by atoms with van der Waals surface area (Å²) in [6.45, 7) is 1.31. The van der Waals surface area contributed by atoms with Gasteiger partial charge in [0.25, 0.3) is 5.95 Å². The predicted octanol–water partition coefficient (Wildman–Crippen LogP) is -0.815. The molecule has 0 aliphatic rings. The summed E-state index contributed by atoms with van der Waals surface area (Å²) in [5.41, 5.74) is 4.73. The first-order valence-corrected chi connectivity index (χ1v) is 6.14. The van der Waals surface area contributed by atoms with Gasteiger partial charge in [0.15, 0.2) is 0 Å². The third-order valence-electron chi connectivity index (χ3n) is 3.01. The zero-order valence-corrected chi connectivity index (χ0v) is 11.1. The van der Waals surface area contributed by atoms with Gasteiger partial charge in [-0.1, -0.05) is 6.92 Å². The lowest BCUT2D eigenvalue weighted by Crippen LogP contribution is -2.45. The number of nitrogens with zero attached hydrogens (tertiary/aromatic N) is 5. The molecule has 2 aromatic heterocycles. The van der Waals surface area contributed by atoms with E-state index in [-0.39, 0.29) is 31.1 Å². The van der Waals surface area contributed by atoms with Crippen molar-refractivity contribution in [2.75, 3.05) is 24.3 Å². The van der Waals surface area contributed by atoms with Gasteiger partial charge in [0, 0.05) is 12.4 Å². The van der Waals surface area contributed by atoms with Crippen LogP contribution < -0.4 is 11.1 Å². The molecular formula is C11H17N7O2. The maximum Gasteiger partial charge on any atom is 0.257 e. The molecule has 9 nitrogen and oxygen atoms in total. The lowest BCUT2D eigenvalue weighted by atomic mass is 9.99. The molecule has 0 unspecified atom stereocenters. The summed E-state index contributed by atoms with van der Waals surface area (Å²) < 4.78 is 1.44. The predicted molar refractivity (Wildman–Crippen MR) is 72.2 cm³/mol. The Bertz CT molecular complexity index is 546. The van der Waals surface area contributed by atoms with Crippen molar-refractivity contribution in [1.82, 2.24) is 24.7 Å². The fourth-order valence-corrected chi connectivity index (χ4v) is 1.60. The van der Waals surface area contributed by atoms with Crippen molar-refractivity contribution in [3.63, 3.8) is 0 Å². The second kappa shape index (κ2) is 5.80. The van der Waals surface area contributed by atoms with Crippen LogP contribution in [0.1, 0.15) is 13.3 Å². The van der Waals surface area contributed by atoms with E-state index in [1.54, 1.807) is 18.5 Å². The van der Waals surface area contributed by atoms with E-state index in [9.17, 15) is 10.2 Å². The molecule has 0 fully saturated rings. The van der Waals surface area contributed by atoms with E-state index in [1.165, 1.54) is 4.68 Å². The number of nitrogen functional groups attached to an aromatic ring is 1. The Morgan fingerprint density at radius 2 is 2.05 bits per heavy atom. The summed E-state index contributed by atoms with van der Waals surface area (Å²) in [6, 6.07) is 1.73. The maximum absolute atomic E-state index is 9.42. The average molecular weight is 279 g/mol. The molecule has 0 atom stereocenters. The first kappa shape index (κ1) is 14.2. The molecule has 0 saturated carbocycles. The zero-order chi connectivity index (χ0) is 14.6. The molecule has 0 bridgehead atoms. The summed E-state index contributed by atoms with van der Waals surface area (Å²) in [4.78, 5) is 12.1. The van der Waals surface area contributed by atoms with E-state index in [4.69, 9.17) is 5.73 Å². The van der Waals surface area contributed by atoms with Gasteiger partial charge in [-0.05, 0) is 12.5 Å². The highest BCUT2D eigenvalue weighted by atomic mass is 16.3. The number of aromatic nitrogens is 5. The van der Waals surface area contributed by atoms with Crippen LogP contribution >= 0.6 is 0 Å². The van der Waals surface area contributed by atoms with E-state index < -0.39 is 5.54 Å². The standard InChI is InChI=1S/C11H17N7O2/c1-2-11(6-19,7-20)17-9-14-8(12)15-10(16-9)18-5-3-4-13-18/h3-5,19-20H,2,6-7H2,1H3,(H3,12,14,15,16,17). The molecule has 20 heavy (non-hydrogen) atoms. The highest BCUT2D eigenvalue weighted by molar-refractivity contribution is 5.37. The Balaban J connectivity index is 2.33. The average Bonchev–Trinajstić information content (AvgIpc) is 2.98. The number of rotatable bonds is 6. The van der Waals surface area contributed by atoms with Gasteiger partial charge in [-0.3, -0.25) is 0 Å². The first-order valence-electron chi connectivity index (χ1n) is 6.14. The monoisotopic (exact) mass is 279 g/mol. The zero-order valence-electron chi connectivity index (χ0n) is 11.1. The molecule has 0 aromatic carbocycles. The van der Waals surface area contributed by atoms with Crippen LogP contribution in [0.5, 0.6) is 0 Å². The number of hydrogen-bond donors (Lipinski definition) is 4. The summed E-state index contributed by atoms with van der Waals surface area (Å²) in [6.07, 6.45) is 3.75. The number of anilines is 2. The second-order valence-electron chi connectivity index (χ2n) is 4.34. The molecule has 0 spiro atoms. The molecule has 0 amide bonds. The van der Waals surface area contributed by atoms with Gasteiger partial charge in [0.05, 0.1) is 18.8 Å². The van der Waals surface area contributed by atoms with Crippen LogP contribution in [0.2, 0.25) is 0 Å². The van der Waals surface area contributed by atoms with Gasteiger partial charge < -0.3 is 21.3 Å². The van der Waals surface area contributed by atoms with E-state index >= 15 is 0 Å². The fraction of sp³-hybridized carbons (Fsp3) is 0.455. The summed E-state index contributed by atoms with van der Waals surface area (Å²) in [7, 11) is 0. The van der Waals surface area contributed by atoms with Crippen molar-refractivity contribution in [2.45, 2.75) is 18.9 Å². The molecule has 9 heteroatoms. The Morgan fingerprint density at radius 3 is 2.60 bits per heavy atom. The molecule has 0 aliphatic carbocycles. The van der Waals surface area contributed by atoms with Gasteiger partial charge in [-0.15, -0.1) is 0 Å². The SMILES string of the molecule is CCC(CO)(CO)Nc1nc(N)nc(-n2cccn2)n1. The highest BCUT2D eigenvalue weighted by Gasteiger charge is 2.27. The number of aliphatic hydroxyl groups is 2. The Kier molecular flexibility index (Phi) is 4.11. The molecule has 0 saturated heterocycles. The largest absolute Gasteiger partial charge is 0.394 e. The first-order chi connectivity index (χ1) is 9.62. The van der Waals surface area contributed by atoms with E-state index in [1.807, 2.05) is 6.92 Å². The minimum absolute atomic E-state index is 0.0221. The van der Waals surface area contributed by atoms with Crippen LogP contribution in [-0.2, 0) is 0 Å². The minimum atomic E-state index is -0.908. The summed E-state index contributed by atoms with van der Waals surface area (Å²) >= 11 is 0. The molecule has 5 N–H and O–H groups in total. The van der Waals surface area contributed by atoms with E-state index in [0.717, 1.165) is 0 Å². The summed E-state index contributed by atoms with van der Waals surface area (Å²) in [5.74, 6) is 0.452. The third-order valence-corrected chi connectivity index (χ3v) is 3.01. The molecule has 2 aromatic rings. The van der Waals surface area contributed by atoms with Crippen LogP contribution in [0.15, 0.2) is 18.5 Å². The Labute approximate surface area is 115 Å². The lowest BCUT2D eigenvalue weighted by Gasteiger charge is -2.29. The van der Waals surface area contributed by atoms with Gasteiger partial charge in [0.2, 0.25) is 11.9 Å². The smallest absolute Gasteiger partial charge is 0.257 e. The van der Waals surface area contributed by atoms with Crippen molar-refractivity contribution in [2.24, 2.45) is 0 Å². The van der Waals surface area contributed by atoms with Crippen molar-refractivity contribution in [1.29, 1.82) is 0 Å². The van der Waals surface area contributed by atoms with Gasteiger partial charge in [-0.2, -0.15) is 20.1 Å². The molecule has 108 valence electrons. The van der Waals surface area contributed by atoms with Crippen LogP contribution in [-0.4, -0.2) is 53.7 Å². The molecule has 0 aliphatic heterocycles. The molecular weight excluding hydrogens is 262 g/mol. The number of nitrogens with one attached hydrogen (secondary N) is 1. The molecule has 2 rings (SSSR count). The Hall–Kier alpha value is -2.26. The van der Waals surface area contributed by atoms with Crippen LogP contribution in [0, 0.1) is 0 Å². The van der Waals surface area contributed by atoms with Crippen LogP contribution in [0.25, 0.3) is 5.95 Å². The van der Waals surface area contributed by atoms with Crippen molar-refractivity contribution in [3.05, 3.63) is 18.5 Å². The minimum Gasteiger partial charge on any atom is -0.394 e. The number of aliphatic hydroxyl groups excluding tert-OH is 2. The van der Waals surface area contributed by atoms with Gasteiger partial charge >= 0.3 is 0 Å². The topological polar surface area (TPSA) is 135 Å². The Morgan fingerprint density at radius 1 is 1.30 bits per heavy atom. The summed E-state index contributed by atoms with van der Waals surface area (Å²) in [5, 5.41) is 25.7. The van der Waals surface area contributed by atoms with Crippen molar-refractivity contribution < 1.29 is 10.2 Å². The fourth-order valence-electron chi connectivity index (χ4n) is 1.60. The normalized spacial score (nSPS) is 11.6. The van der Waals surface area contributed by atoms with E-state index in [0.29, 0.717) is 6.42 Å². The van der Waals surface area contributed by atoms with Gasteiger partial charge in [0.1, 0.15) is 0 Å². The maximum atomic E-state index is 9.42. The second-order valence-corrected chi connectivity index (χ2v) is 4.34. The van der Waals surface area contributed by atoms with Gasteiger partial charge in [-0.25, -0.2) is 4.68 Å². The third kappa shape index (κ3) is 2.83. The van der Waals surface area contributed by atoms with Crippen molar-refractivity contribution in [3.8, 4) is 5.95 Å². The quantitative estimate of drug-likeness (QED) is 0.539. The van der Waals surface area contributed by atoms with E-state index in [2.05, 4.69) is 25.4 Å². The van der Waals surface area contributed by atoms with Crippen LogP contribution in [0.3, 0.4) is 0 Å². The number of hydrogen-bond acceptors (Lipinski definition) is 8. The lowest BCUT2D eigenvalue weighted by molar-refractivity contribution is 0.132. The number of nitrogens with two attached hydrogens (primary N) is 1. The van der Waals surface area contributed by atoms with Crippen LogP contribution in [0.4, 0.5) is 11.9 Å². The molecule has 0 radical (unpaired) electrons. The molecule has 2 heterocycles. The highest BCUT2D eigenvalue weighted by Crippen LogP contribution is 2.16.